The average molecular weight is 243 g/mol. The molecule has 0 saturated heterocycles. The molecule has 1 aliphatic rings. The van der Waals surface area contributed by atoms with Gasteiger partial charge in [-0.2, -0.15) is 0 Å². The molecule has 0 bridgehead atoms. The zero-order valence-corrected chi connectivity index (χ0v) is 10.2. The van der Waals surface area contributed by atoms with Gasteiger partial charge in [0.25, 0.3) is 5.70 Å². The Hall–Kier alpha value is -1.59. The summed E-state index contributed by atoms with van der Waals surface area (Å²) in [4.78, 5) is 21.5. The van der Waals surface area contributed by atoms with Gasteiger partial charge in [-0.1, -0.05) is 0 Å². The van der Waals surface area contributed by atoms with E-state index in [0.717, 1.165) is 0 Å². The number of carbonyl (C=O) groups excluding carboxylic acids is 1. The summed E-state index contributed by atoms with van der Waals surface area (Å²) in [5, 5.41) is 10.8. The van der Waals surface area contributed by atoms with Crippen LogP contribution in [-0.4, -0.2) is 24.1 Å². The maximum atomic E-state index is 11.2. The van der Waals surface area contributed by atoms with Gasteiger partial charge in [0, 0.05) is 0 Å². The van der Waals surface area contributed by atoms with Gasteiger partial charge in [0.05, 0.1) is 30.0 Å². The Morgan fingerprint density at radius 1 is 1.41 bits per heavy atom. The minimum Gasteiger partial charge on any atom is -0.492 e. The van der Waals surface area contributed by atoms with Crippen molar-refractivity contribution in [2.24, 2.45) is 11.8 Å². The minimum absolute atomic E-state index is 0.0406. The highest BCUT2D eigenvalue weighted by atomic mass is 16.6. The summed E-state index contributed by atoms with van der Waals surface area (Å²) < 4.78 is 9.71. The Labute approximate surface area is 99.7 Å². The molecule has 0 heterocycles. The molecule has 1 saturated carbocycles. The van der Waals surface area contributed by atoms with Crippen molar-refractivity contribution < 1.29 is 19.2 Å². The van der Waals surface area contributed by atoms with Gasteiger partial charge in [0.2, 0.25) is 0 Å². The van der Waals surface area contributed by atoms with Crippen LogP contribution >= 0.6 is 0 Å². The van der Waals surface area contributed by atoms with Crippen LogP contribution in [0.3, 0.4) is 0 Å². The first-order chi connectivity index (χ1) is 7.95. The quantitative estimate of drug-likeness (QED) is 0.318. The first-order valence-corrected chi connectivity index (χ1v) is 5.53. The van der Waals surface area contributed by atoms with Gasteiger partial charge in [-0.15, -0.1) is 0 Å². The van der Waals surface area contributed by atoms with Crippen molar-refractivity contribution in [2.45, 2.75) is 32.8 Å². The Morgan fingerprint density at radius 2 is 2.00 bits per heavy atom. The molecule has 0 aromatic heterocycles. The molecule has 1 fully saturated rings. The average Bonchev–Trinajstić information content (AvgIpc) is 2.19. The standard InChI is InChI=1S/C11H17NO5/c1-7(2)17-6-10(12(14)15)8-4-9(5-8)11(13)16-3/h6-9H,4-5H2,1-3H3. The molecule has 1 aliphatic carbocycles. The molecule has 0 aliphatic heterocycles. The fraction of sp³-hybridized carbons (Fsp3) is 0.727. The van der Waals surface area contributed by atoms with E-state index in [2.05, 4.69) is 4.74 Å². The van der Waals surface area contributed by atoms with Crippen LogP contribution in [-0.2, 0) is 14.3 Å². The van der Waals surface area contributed by atoms with Gasteiger partial charge in [-0.3, -0.25) is 14.9 Å². The van der Waals surface area contributed by atoms with E-state index in [9.17, 15) is 14.9 Å². The minimum atomic E-state index is -0.444. The normalized spacial score (nSPS) is 24.1. The fourth-order valence-electron chi connectivity index (χ4n) is 1.71. The third kappa shape index (κ3) is 3.44. The number of nitro groups is 1. The van der Waals surface area contributed by atoms with Crippen LogP contribution in [0.4, 0.5) is 0 Å². The summed E-state index contributed by atoms with van der Waals surface area (Å²) in [6.45, 7) is 3.60. The Bertz CT molecular complexity index is 331. The van der Waals surface area contributed by atoms with Gasteiger partial charge in [0.1, 0.15) is 0 Å². The van der Waals surface area contributed by atoms with Crippen molar-refractivity contribution in [1.29, 1.82) is 0 Å². The van der Waals surface area contributed by atoms with Crippen molar-refractivity contribution in [3.05, 3.63) is 22.1 Å². The van der Waals surface area contributed by atoms with E-state index in [1.807, 2.05) is 0 Å². The molecule has 96 valence electrons. The zero-order chi connectivity index (χ0) is 13.0. The van der Waals surface area contributed by atoms with E-state index in [4.69, 9.17) is 4.74 Å². The van der Waals surface area contributed by atoms with E-state index < -0.39 is 4.92 Å². The third-order valence-electron chi connectivity index (χ3n) is 2.76. The highest BCUT2D eigenvalue weighted by molar-refractivity contribution is 5.73. The molecule has 0 amide bonds. The van der Waals surface area contributed by atoms with Crippen molar-refractivity contribution in [2.75, 3.05) is 7.11 Å². The second-order valence-corrected chi connectivity index (χ2v) is 4.37. The maximum Gasteiger partial charge on any atom is 0.308 e. The zero-order valence-electron chi connectivity index (χ0n) is 10.2. The monoisotopic (exact) mass is 243 g/mol. The first-order valence-electron chi connectivity index (χ1n) is 5.53. The Kier molecular flexibility index (Phi) is 4.48. The number of allylic oxidation sites excluding steroid dienone is 1. The van der Waals surface area contributed by atoms with E-state index >= 15 is 0 Å². The third-order valence-corrected chi connectivity index (χ3v) is 2.76. The summed E-state index contributed by atoms with van der Waals surface area (Å²) >= 11 is 0. The van der Waals surface area contributed by atoms with Crippen LogP contribution in [0.15, 0.2) is 12.0 Å². The number of hydrogen-bond donors (Lipinski definition) is 0. The molecule has 0 aromatic rings. The molecule has 17 heavy (non-hydrogen) atoms. The van der Waals surface area contributed by atoms with Crippen LogP contribution in [0.1, 0.15) is 26.7 Å². The number of esters is 1. The molecule has 0 radical (unpaired) electrons. The van der Waals surface area contributed by atoms with E-state index in [0.29, 0.717) is 12.8 Å². The van der Waals surface area contributed by atoms with Gasteiger partial charge in [-0.05, 0) is 26.7 Å². The smallest absolute Gasteiger partial charge is 0.308 e. The number of nitrogens with zero attached hydrogens (tertiary/aromatic N) is 1. The number of methoxy groups -OCH3 is 1. The Balaban J connectivity index is 2.56. The molecule has 0 spiro atoms. The topological polar surface area (TPSA) is 78.7 Å². The van der Waals surface area contributed by atoms with Crippen molar-refractivity contribution in [1.82, 2.24) is 0 Å². The highest BCUT2D eigenvalue weighted by Gasteiger charge is 2.42. The molecule has 6 nitrogen and oxygen atoms in total. The molecule has 0 N–H and O–H groups in total. The van der Waals surface area contributed by atoms with Gasteiger partial charge in [0.15, 0.2) is 6.26 Å². The summed E-state index contributed by atoms with van der Waals surface area (Å²) in [5.74, 6) is -0.728. The SMILES string of the molecule is COC(=O)C1CC(C(=COC(C)C)[N+](=O)[O-])C1. The summed E-state index contributed by atoms with van der Waals surface area (Å²) in [6, 6.07) is 0. The van der Waals surface area contributed by atoms with Crippen molar-refractivity contribution >= 4 is 5.97 Å². The second kappa shape index (κ2) is 5.65. The largest absolute Gasteiger partial charge is 0.492 e. The lowest BCUT2D eigenvalue weighted by Crippen LogP contribution is -2.34. The predicted molar refractivity (Wildman–Crippen MR) is 59.5 cm³/mol. The van der Waals surface area contributed by atoms with Crippen LogP contribution in [0.25, 0.3) is 0 Å². The summed E-state index contributed by atoms with van der Waals surface area (Å²) in [6.07, 6.45) is 2.02. The maximum absolute atomic E-state index is 11.2. The molecule has 1 rings (SSSR count). The predicted octanol–water partition coefficient (Wildman–Crippen LogP) is 1.73. The molecule has 6 heteroatoms. The number of carbonyl (C=O) groups is 1. The Morgan fingerprint density at radius 3 is 2.41 bits per heavy atom. The van der Waals surface area contributed by atoms with Crippen LogP contribution in [0.5, 0.6) is 0 Å². The number of ether oxygens (including phenoxy) is 2. The molecule has 0 atom stereocenters. The number of rotatable bonds is 5. The lowest BCUT2D eigenvalue weighted by atomic mass is 9.73. The van der Waals surface area contributed by atoms with E-state index in [1.165, 1.54) is 13.4 Å². The number of hydrogen-bond acceptors (Lipinski definition) is 5. The lowest BCUT2D eigenvalue weighted by Gasteiger charge is -2.30. The molecular formula is C11H17NO5. The van der Waals surface area contributed by atoms with Gasteiger partial charge in [-0.25, -0.2) is 0 Å². The van der Waals surface area contributed by atoms with Crippen LogP contribution in [0.2, 0.25) is 0 Å². The molecular weight excluding hydrogens is 226 g/mol. The fourth-order valence-corrected chi connectivity index (χ4v) is 1.71. The van der Waals surface area contributed by atoms with Crippen LogP contribution < -0.4 is 0 Å². The van der Waals surface area contributed by atoms with Gasteiger partial charge < -0.3 is 9.47 Å². The molecule has 0 unspecified atom stereocenters. The highest BCUT2D eigenvalue weighted by Crippen LogP contribution is 2.39. The summed E-state index contributed by atoms with van der Waals surface area (Å²) in [5.41, 5.74) is 0.0406. The summed E-state index contributed by atoms with van der Waals surface area (Å²) in [7, 11) is 1.32. The van der Waals surface area contributed by atoms with Crippen LogP contribution in [0, 0.1) is 22.0 Å². The van der Waals surface area contributed by atoms with Crippen molar-refractivity contribution in [3.8, 4) is 0 Å². The van der Waals surface area contributed by atoms with Gasteiger partial charge >= 0.3 is 5.97 Å². The lowest BCUT2D eigenvalue weighted by molar-refractivity contribution is -0.439. The molecule has 0 aromatic carbocycles. The first kappa shape index (κ1) is 13.5. The van der Waals surface area contributed by atoms with Crippen molar-refractivity contribution in [3.63, 3.8) is 0 Å². The van der Waals surface area contributed by atoms with E-state index in [-0.39, 0.29) is 29.6 Å². The van der Waals surface area contributed by atoms with E-state index in [1.54, 1.807) is 13.8 Å². The second-order valence-electron chi connectivity index (χ2n) is 4.37.